The zero-order chi connectivity index (χ0) is 16.4. The molecule has 0 fully saturated rings. The number of nitrogens with one attached hydrogen (secondary N) is 1. The van der Waals surface area contributed by atoms with E-state index >= 15 is 0 Å². The molecular formula is C21H39N. The van der Waals surface area contributed by atoms with Crippen molar-refractivity contribution < 1.29 is 0 Å². The minimum Gasteiger partial charge on any atom is -0.388 e. The van der Waals surface area contributed by atoms with Crippen LogP contribution in [0.1, 0.15) is 98.8 Å². The summed E-state index contributed by atoms with van der Waals surface area (Å²) in [5.41, 5.74) is 6.00. The van der Waals surface area contributed by atoms with Gasteiger partial charge in [0.2, 0.25) is 0 Å². The third kappa shape index (κ3) is 6.18. The topological polar surface area (TPSA) is 12.0 Å². The van der Waals surface area contributed by atoms with Crippen molar-refractivity contribution in [3.63, 3.8) is 0 Å². The number of unbranched alkanes of at least 4 members (excludes halogenated alkanes) is 9. The Balaban J connectivity index is 1.99. The Morgan fingerprint density at radius 2 is 1.23 bits per heavy atom. The Morgan fingerprint density at radius 1 is 0.727 bits per heavy atom. The molecule has 0 aromatic heterocycles. The van der Waals surface area contributed by atoms with Gasteiger partial charge >= 0.3 is 0 Å². The van der Waals surface area contributed by atoms with Gasteiger partial charge in [-0.1, -0.05) is 77.2 Å². The van der Waals surface area contributed by atoms with E-state index in [4.69, 9.17) is 0 Å². The van der Waals surface area contributed by atoms with Crippen molar-refractivity contribution >= 4 is 0 Å². The van der Waals surface area contributed by atoms with Gasteiger partial charge < -0.3 is 5.32 Å². The summed E-state index contributed by atoms with van der Waals surface area (Å²) in [6.45, 7) is 12.6. The summed E-state index contributed by atoms with van der Waals surface area (Å²) in [6.07, 6.45) is 14.1. The van der Waals surface area contributed by atoms with Crippen LogP contribution >= 0.6 is 0 Å². The van der Waals surface area contributed by atoms with Crippen LogP contribution in [-0.2, 0) is 0 Å². The number of allylic oxidation sites excluding steroid dienone is 3. The van der Waals surface area contributed by atoms with Gasteiger partial charge in [-0.15, -0.1) is 0 Å². The van der Waals surface area contributed by atoms with Crippen LogP contribution in [0.4, 0.5) is 0 Å². The molecule has 0 saturated heterocycles. The lowest BCUT2D eigenvalue weighted by atomic mass is 10.0. The van der Waals surface area contributed by atoms with Crippen molar-refractivity contribution in [3.8, 4) is 0 Å². The van der Waals surface area contributed by atoms with E-state index in [1.54, 1.807) is 5.57 Å². The molecule has 0 bridgehead atoms. The molecule has 0 aromatic rings. The molecular weight excluding hydrogens is 266 g/mol. The molecule has 1 aliphatic rings. The van der Waals surface area contributed by atoms with Crippen molar-refractivity contribution in [2.75, 3.05) is 6.54 Å². The van der Waals surface area contributed by atoms with Crippen LogP contribution in [0.3, 0.4) is 0 Å². The quantitative estimate of drug-likeness (QED) is 0.393. The summed E-state index contributed by atoms with van der Waals surface area (Å²) in [5, 5.41) is 3.71. The van der Waals surface area contributed by atoms with E-state index in [1.165, 1.54) is 81.1 Å². The van der Waals surface area contributed by atoms with Crippen LogP contribution in [0.5, 0.6) is 0 Å². The monoisotopic (exact) mass is 305 g/mol. The van der Waals surface area contributed by atoms with E-state index in [1.807, 2.05) is 0 Å². The average Bonchev–Trinajstić information content (AvgIpc) is 2.70. The highest BCUT2D eigenvalue weighted by molar-refractivity contribution is 5.45. The summed E-state index contributed by atoms with van der Waals surface area (Å²) in [7, 11) is 0. The molecule has 1 unspecified atom stereocenters. The van der Waals surface area contributed by atoms with Gasteiger partial charge in [-0.05, 0) is 38.3 Å². The molecule has 0 radical (unpaired) electrons. The predicted molar refractivity (Wildman–Crippen MR) is 100 cm³/mol. The number of hydrogen-bond donors (Lipinski definition) is 1. The normalized spacial score (nSPS) is 18.5. The third-order valence-electron chi connectivity index (χ3n) is 5.49. The van der Waals surface area contributed by atoms with Gasteiger partial charge in [0.05, 0.1) is 0 Å². The van der Waals surface area contributed by atoms with Gasteiger partial charge in [0, 0.05) is 18.2 Å². The zero-order valence-corrected chi connectivity index (χ0v) is 15.9. The minimum atomic E-state index is 0.600. The first-order valence-electron chi connectivity index (χ1n) is 9.72. The van der Waals surface area contributed by atoms with Crippen LogP contribution in [0.2, 0.25) is 0 Å². The van der Waals surface area contributed by atoms with E-state index in [0.717, 1.165) is 6.54 Å². The summed E-state index contributed by atoms with van der Waals surface area (Å²) in [5.74, 6) is 0.600. The number of rotatable bonds is 12. The second-order valence-corrected chi connectivity index (χ2v) is 7.18. The molecule has 1 heteroatoms. The van der Waals surface area contributed by atoms with Crippen LogP contribution in [-0.4, -0.2) is 6.54 Å². The van der Waals surface area contributed by atoms with E-state index < -0.39 is 0 Å². The molecule has 1 aliphatic carbocycles. The highest BCUT2D eigenvalue weighted by atomic mass is 14.9. The lowest BCUT2D eigenvalue weighted by molar-refractivity contribution is 0.547. The predicted octanol–water partition coefficient (Wildman–Crippen LogP) is 6.76. The smallest absolute Gasteiger partial charge is 0.0209 e. The van der Waals surface area contributed by atoms with Gasteiger partial charge in [0.15, 0.2) is 0 Å². The zero-order valence-electron chi connectivity index (χ0n) is 15.9. The maximum atomic E-state index is 3.71. The molecule has 0 aromatic carbocycles. The summed E-state index contributed by atoms with van der Waals surface area (Å²) < 4.78 is 0. The second kappa shape index (κ2) is 10.9. The lowest BCUT2D eigenvalue weighted by Gasteiger charge is -2.15. The average molecular weight is 306 g/mol. The molecule has 128 valence electrons. The fourth-order valence-corrected chi connectivity index (χ4v) is 3.48. The van der Waals surface area contributed by atoms with Gasteiger partial charge in [0.25, 0.3) is 0 Å². The summed E-state index contributed by atoms with van der Waals surface area (Å²) in [6, 6.07) is 0. The minimum absolute atomic E-state index is 0.600. The highest BCUT2D eigenvalue weighted by Gasteiger charge is 2.22. The Kier molecular flexibility index (Phi) is 9.59. The molecule has 0 heterocycles. The summed E-state index contributed by atoms with van der Waals surface area (Å²) >= 11 is 0. The fraction of sp³-hybridized carbons (Fsp3) is 0.810. The Morgan fingerprint density at radius 3 is 1.68 bits per heavy atom. The van der Waals surface area contributed by atoms with Gasteiger partial charge in [-0.3, -0.25) is 0 Å². The Bertz CT molecular complexity index is 375. The third-order valence-corrected chi connectivity index (χ3v) is 5.49. The van der Waals surface area contributed by atoms with E-state index in [2.05, 4.69) is 39.9 Å². The van der Waals surface area contributed by atoms with Crippen molar-refractivity contribution in [1.82, 2.24) is 5.32 Å². The first-order chi connectivity index (χ1) is 10.6. The molecule has 1 atom stereocenters. The molecule has 1 nitrogen and oxygen atoms in total. The van der Waals surface area contributed by atoms with Crippen molar-refractivity contribution in [2.24, 2.45) is 5.92 Å². The maximum absolute atomic E-state index is 3.71. The van der Waals surface area contributed by atoms with E-state index in [0.29, 0.717) is 5.92 Å². The molecule has 1 rings (SSSR count). The van der Waals surface area contributed by atoms with Crippen molar-refractivity contribution in [1.29, 1.82) is 0 Å². The molecule has 22 heavy (non-hydrogen) atoms. The van der Waals surface area contributed by atoms with E-state index in [9.17, 15) is 0 Å². The molecule has 1 N–H and O–H groups in total. The molecule has 0 amide bonds. The molecule has 0 spiro atoms. The van der Waals surface area contributed by atoms with Gasteiger partial charge in [0.1, 0.15) is 0 Å². The van der Waals surface area contributed by atoms with Crippen molar-refractivity contribution in [2.45, 2.75) is 98.8 Å². The first kappa shape index (κ1) is 19.3. The standard InChI is InChI=1S/C21H39N/c1-6-7-8-9-10-11-12-13-14-15-16-22-21-19(4)17(2)18(3)20(21)5/h19,22H,6-16H2,1-5H3. The molecule has 0 aliphatic heterocycles. The Labute approximate surface area is 139 Å². The van der Waals surface area contributed by atoms with Crippen molar-refractivity contribution in [3.05, 3.63) is 22.4 Å². The van der Waals surface area contributed by atoms with Crippen LogP contribution in [0.25, 0.3) is 0 Å². The number of hydrogen-bond acceptors (Lipinski definition) is 1. The lowest BCUT2D eigenvalue weighted by Crippen LogP contribution is -2.19. The van der Waals surface area contributed by atoms with Crippen LogP contribution in [0, 0.1) is 5.92 Å². The van der Waals surface area contributed by atoms with E-state index in [-0.39, 0.29) is 0 Å². The van der Waals surface area contributed by atoms with Crippen LogP contribution < -0.4 is 5.32 Å². The Hall–Kier alpha value is -0.720. The fourth-order valence-electron chi connectivity index (χ4n) is 3.48. The highest BCUT2D eigenvalue weighted by Crippen LogP contribution is 2.34. The van der Waals surface area contributed by atoms with Crippen LogP contribution in [0.15, 0.2) is 22.4 Å². The first-order valence-corrected chi connectivity index (χ1v) is 9.72. The van der Waals surface area contributed by atoms with Gasteiger partial charge in [-0.25, -0.2) is 0 Å². The van der Waals surface area contributed by atoms with Gasteiger partial charge in [-0.2, -0.15) is 0 Å². The largest absolute Gasteiger partial charge is 0.388 e. The second-order valence-electron chi connectivity index (χ2n) is 7.18. The SMILES string of the molecule is CCCCCCCCCCCCNC1=C(C)C(C)=C(C)C1C. The maximum Gasteiger partial charge on any atom is 0.0209 e. The molecule has 0 saturated carbocycles. The summed E-state index contributed by atoms with van der Waals surface area (Å²) in [4.78, 5) is 0.